The maximum atomic E-state index is 12.4. The molecule has 2 heterocycles. The molecule has 1 aromatic carbocycles. The number of esters is 1. The predicted molar refractivity (Wildman–Crippen MR) is 138 cm³/mol. The summed E-state index contributed by atoms with van der Waals surface area (Å²) in [5.74, 6) is 4.52. The van der Waals surface area contributed by atoms with Gasteiger partial charge in [-0.3, -0.25) is 14.4 Å². The fraction of sp³-hybridized carbons (Fsp3) is 0.154. The number of nitrogens with one attached hydrogen (secondary N) is 1. The van der Waals surface area contributed by atoms with Gasteiger partial charge in [0.1, 0.15) is 5.82 Å². The number of furan rings is 1. The van der Waals surface area contributed by atoms with Crippen molar-refractivity contribution in [3.8, 4) is 11.8 Å². The number of hydrogen-bond donors (Lipinski definition) is 2. The Morgan fingerprint density at radius 2 is 2.03 bits per heavy atom. The zero-order chi connectivity index (χ0) is 26.8. The number of ether oxygens (including phenoxy) is 1. The Hall–Kier alpha value is -4.69. The number of rotatable bonds is 7. The highest BCUT2D eigenvalue weighted by atomic mass is 32.2. The maximum absolute atomic E-state index is 12.4. The highest BCUT2D eigenvalue weighted by Crippen LogP contribution is 2.16. The summed E-state index contributed by atoms with van der Waals surface area (Å²) in [5.41, 5.74) is 8.07. The predicted octanol–water partition coefficient (Wildman–Crippen LogP) is 3.62. The quantitative estimate of drug-likeness (QED) is 0.208. The smallest absolute Gasteiger partial charge is 0.309 e. The lowest BCUT2D eigenvalue weighted by atomic mass is 10.1. The van der Waals surface area contributed by atoms with Crippen molar-refractivity contribution in [2.45, 2.75) is 13.3 Å². The average molecular weight is 520 g/mol. The number of nitrogens with two attached hydrogens (primary N) is 1. The Labute approximate surface area is 215 Å². The highest BCUT2D eigenvalue weighted by molar-refractivity contribution is 7.75. The standard InChI is InChI=1S/C26H23N4O6S/c1-17-11-12-36-23(17)26(33)29-21-7-5-6-18(14-21)9-10-19-15-20(16-28-24(19)27)25(32)30-37(34)13-4-3-8-22(31)35-2/h3-7,11-12,14-16H,8,13H2,1-2H3,(H2,27,28)(H,29,33)/q-1. The second kappa shape index (κ2) is 12.9. The van der Waals surface area contributed by atoms with E-state index in [0.29, 0.717) is 11.3 Å². The summed E-state index contributed by atoms with van der Waals surface area (Å²) in [6, 6.07) is 9.97. The van der Waals surface area contributed by atoms with Gasteiger partial charge in [0.2, 0.25) is 0 Å². The third kappa shape index (κ3) is 7.91. The summed E-state index contributed by atoms with van der Waals surface area (Å²) in [5, 5.41) is 2.75. The van der Waals surface area contributed by atoms with Gasteiger partial charge in [0.15, 0.2) is 5.76 Å². The number of aryl methyl sites for hydroxylation is 1. The van der Waals surface area contributed by atoms with E-state index in [9.17, 15) is 18.6 Å². The van der Waals surface area contributed by atoms with Crippen LogP contribution < -0.4 is 11.1 Å². The van der Waals surface area contributed by atoms with Gasteiger partial charge in [-0.1, -0.05) is 29.7 Å². The van der Waals surface area contributed by atoms with Gasteiger partial charge in [0.25, 0.3) is 11.8 Å². The molecule has 0 saturated carbocycles. The molecule has 0 aliphatic heterocycles. The van der Waals surface area contributed by atoms with Crippen molar-refractivity contribution in [2.24, 2.45) is 4.36 Å². The van der Waals surface area contributed by atoms with Crippen LogP contribution in [0.3, 0.4) is 0 Å². The van der Waals surface area contributed by atoms with Gasteiger partial charge in [-0.15, -0.1) is 6.08 Å². The second-order valence-electron chi connectivity index (χ2n) is 7.51. The van der Waals surface area contributed by atoms with Gasteiger partial charge in [-0.2, -0.15) is 10.6 Å². The first-order valence-electron chi connectivity index (χ1n) is 10.9. The van der Waals surface area contributed by atoms with E-state index in [1.165, 1.54) is 37.8 Å². The second-order valence-corrected chi connectivity index (χ2v) is 8.67. The number of aromatic nitrogens is 1. The van der Waals surface area contributed by atoms with E-state index in [1.807, 2.05) is 0 Å². The number of anilines is 2. The fourth-order valence-electron chi connectivity index (χ4n) is 2.90. The molecule has 11 heteroatoms. The third-order valence-electron chi connectivity index (χ3n) is 4.80. The number of nitrogens with zero attached hydrogens (tertiary/aromatic N) is 2. The summed E-state index contributed by atoms with van der Waals surface area (Å²) in [4.78, 5) is 39.8. The number of carbonyl (C=O) groups excluding carboxylic acids is 3. The molecule has 0 fully saturated rings. The molecular weight excluding hydrogens is 496 g/mol. The van der Waals surface area contributed by atoms with Crippen molar-refractivity contribution in [3.63, 3.8) is 0 Å². The van der Waals surface area contributed by atoms with Crippen LogP contribution in [0.2, 0.25) is 0 Å². The molecule has 0 saturated heterocycles. The molecule has 0 radical (unpaired) electrons. The van der Waals surface area contributed by atoms with Crippen molar-refractivity contribution in [2.75, 3.05) is 23.9 Å². The molecular formula is C26H23N4O6S-. The Balaban J connectivity index is 1.71. The number of pyridine rings is 1. The fourth-order valence-corrected chi connectivity index (χ4v) is 3.56. The van der Waals surface area contributed by atoms with E-state index in [1.54, 1.807) is 37.3 Å². The van der Waals surface area contributed by atoms with Crippen molar-refractivity contribution in [1.82, 2.24) is 4.98 Å². The minimum Gasteiger partial charge on any atom is -0.469 e. The molecule has 0 aliphatic rings. The SMILES string of the molecule is COC(=O)CC=CC[S-](=O)=NC(=O)c1cnc(N)c(C#Cc2cccc(NC(=O)c3occc3C)c2)c1. The number of nitrogen functional groups attached to an aromatic ring is 1. The minimum atomic E-state index is -1.83. The molecule has 0 bridgehead atoms. The highest BCUT2D eigenvalue weighted by Gasteiger charge is 2.12. The van der Waals surface area contributed by atoms with E-state index in [2.05, 4.69) is 31.2 Å². The topological polar surface area (TPSA) is 154 Å². The number of methoxy groups -OCH3 is 1. The van der Waals surface area contributed by atoms with Gasteiger partial charge in [0, 0.05) is 23.0 Å². The monoisotopic (exact) mass is 519 g/mol. The van der Waals surface area contributed by atoms with Gasteiger partial charge in [0.05, 0.1) is 30.9 Å². The average Bonchev–Trinajstić information content (AvgIpc) is 3.32. The number of benzene rings is 1. The van der Waals surface area contributed by atoms with Crippen LogP contribution in [-0.4, -0.2) is 35.6 Å². The van der Waals surface area contributed by atoms with Crippen molar-refractivity contribution in [3.05, 3.63) is 89.0 Å². The van der Waals surface area contributed by atoms with Crippen LogP contribution in [0, 0.1) is 18.8 Å². The van der Waals surface area contributed by atoms with Gasteiger partial charge in [-0.25, -0.2) is 4.98 Å². The van der Waals surface area contributed by atoms with Crippen LogP contribution >= 0.6 is 0 Å². The summed E-state index contributed by atoms with van der Waals surface area (Å²) in [7, 11) is -0.566. The van der Waals surface area contributed by atoms with Crippen LogP contribution in [-0.2, 0) is 24.3 Å². The normalized spacial score (nSPS) is 11.5. The Morgan fingerprint density at radius 3 is 2.76 bits per heavy atom. The third-order valence-corrected chi connectivity index (χ3v) is 5.65. The number of amides is 2. The van der Waals surface area contributed by atoms with Crippen molar-refractivity contribution in [1.29, 1.82) is 0 Å². The van der Waals surface area contributed by atoms with Crippen molar-refractivity contribution >= 4 is 39.9 Å². The summed E-state index contributed by atoms with van der Waals surface area (Å²) in [6.07, 6.45) is 5.67. The Bertz CT molecular complexity index is 1510. The molecule has 37 heavy (non-hydrogen) atoms. The lowest BCUT2D eigenvalue weighted by Gasteiger charge is -2.04. The van der Waals surface area contributed by atoms with E-state index >= 15 is 0 Å². The zero-order valence-corrected chi connectivity index (χ0v) is 20.8. The largest absolute Gasteiger partial charge is 0.469 e. The number of hydrogen-bond acceptors (Lipinski definition) is 9. The van der Waals surface area contributed by atoms with Gasteiger partial charge < -0.3 is 28.8 Å². The molecule has 10 nitrogen and oxygen atoms in total. The molecule has 0 unspecified atom stereocenters. The van der Waals surface area contributed by atoms with E-state index < -0.39 is 22.5 Å². The number of carbonyl (C=O) groups is 3. The maximum Gasteiger partial charge on any atom is 0.309 e. The summed E-state index contributed by atoms with van der Waals surface area (Å²) in [6.45, 7) is 1.77. The van der Waals surface area contributed by atoms with Crippen molar-refractivity contribution < 1.29 is 27.7 Å². The molecule has 2 amide bonds. The molecule has 0 atom stereocenters. The van der Waals surface area contributed by atoms with E-state index in [-0.39, 0.29) is 40.8 Å². The molecule has 3 N–H and O–H groups in total. The van der Waals surface area contributed by atoms with E-state index in [0.717, 1.165) is 5.56 Å². The summed E-state index contributed by atoms with van der Waals surface area (Å²) < 4.78 is 25.4. The van der Waals surface area contributed by atoms with E-state index in [4.69, 9.17) is 10.2 Å². The van der Waals surface area contributed by atoms with Crippen LogP contribution in [0.25, 0.3) is 0 Å². The van der Waals surface area contributed by atoms with Crippen LogP contribution in [0.5, 0.6) is 0 Å². The molecule has 0 spiro atoms. The van der Waals surface area contributed by atoms with Crippen LogP contribution in [0.1, 0.15) is 44.0 Å². The lowest BCUT2D eigenvalue weighted by Crippen LogP contribution is -2.12. The Morgan fingerprint density at radius 1 is 1.22 bits per heavy atom. The van der Waals surface area contributed by atoms with Gasteiger partial charge >= 0.3 is 5.97 Å². The minimum absolute atomic E-state index is 0.0322. The van der Waals surface area contributed by atoms with Crippen LogP contribution in [0.15, 0.2) is 69.8 Å². The molecule has 0 aliphatic carbocycles. The van der Waals surface area contributed by atoms with Crippen LogP contribution in [0.4, 0.5) is 11.5 Å². The molecule has 3 aromatic rings. The first-order chi connectivity index (χ1) is 17.8. The molecule has 190 valence electrons. The first kappa shape index (κ1) is 26.9. The summed E-state index contributed by atoms with van der Waals surface area (Å²) >= 11 is 0. The first-order valence-corrected chi connectivity index (χ1v) is 12.1. The Kier molecular flexibility index (Phi) is 9.35. The molecule has 2 aromatic heterocycles. The molecule has 3 rings (SSSR count). The lowest BCUT2D eigenvalue weighted by molar-refractivity contribution is -0.139. The zero-order valence-electron chi connectivity index (χ0n) is 20.0. The van der Waals surface area contributed by atoms with Gasteiger partial charge in [-0.05, 0) is 37.3 Å².